The number of aryl methyl sites for hydroxylation is 2. The first-order chi connectivity index (χ1) is 20.3. The van der Waals surface area contributed by atoms with E-state index in [1.165, 1.54) is 16.7 Å². The van der Waals surface area contributed by atoms with Gasteiger partial charge in [-0.25, -0.2) is 0 Å². The fraction of sp³-hybridized carbons (Fsp3) is 0.342. The largest absolute Gasteiger partial charge is 0.338 e. The number of amides is 1. The summed E-state index contributed by atoms with van der Waals surface area (Å²) < 4.78 is 0. The second-order valence-electron chi connectivity index (χ2n) is 11.4. The second-order valence-corrected chi connectivity index (χ2v) is 11.4. The fourth-order valence-corrected chi connectivity index (χ4v) is 6.34. The molecule has 1 heterocycles. The highest BCUT2D eigenvalue weighted by Gasteiger charge is 2.36. The summed E-state index contributed by atoms with van der Waals surface area (Å²) in [5, 5.41) is 0. The van der Waals surface area contributed by atoms with Crippen LogP contribution in [0.4, 0.5) is 0 Å². The van der Waals surface area contributed by atoms with Gasteiger partial charge in [-0.15, -0.1) is 0 Å². The Hall–Kier alpha value is -3.69. The number of benzene rings is 4. The average molecular weight is 545 g/mol. The van der Waals surface area contributed by atoms with Crippen LogP contribution in [0.15, 0.2) is 121 Å². The van der Waals surface area contributed by atoms with Crippen molar-refractivity contribution in [2.75, 3.05) is 19.6 Å². The molecular formula is C38H44N2O. The van der Waals surface area contributed by atoms with Crippen LogP contribution in [0.3, 0.4) is 0 Å². The van der Waals surface area contributed by atoms with E-state index in [0.29, 0.717) is 0 Å². The number of rotatable bonds is 13. The van der Waals surface area contributed by atoms with Crippen LogP contribution in [0.5, 0.6) is 0 Å². The van der Waals surface area contributed by atoms with Gasteiger partial charge in [0.25, 0.3) is 0 Å². The SMILES string of the molecule is O=C1C(c2ccccc2)N(CCc2ccccc2)CCCN1C(CCCc1ccccc1)CCCc1ccccc1. The molecule has 1 amide bonds. The van der Waals surface area contributed by atoms with Crippen LogP contribution in [-0.4, -0.2) is 41.4 Å². The molecule has 3 nitrogen and oxygen atoms in total. The Morgan fingerprint density at radius 3 is 1.56 bits per heavy atom. The summed E-state index contributed by atoms with van der Waals surface area (Å²) in [7, 11) is 0. The van der Waals surface area contributed by atoms with E-state index in [0.717, 1.165) is 76.6 Å². The third kappa shape index (κ3) is 8.41. The number of carbonyl (C=O) groups is 1. The molecule has 1 aliphatic heterocycles. The minimum atomic E-state index is -0.229. The molecule has 1 atom stereocenters. The van der Waals surface area contributed by atoms with Gasteiger partial charge in [0, 0.05) is 25.7 Å². The van der Waals surface area contributed by atoms with Gasteiger partial charge in [0.1, 0.15) is 6.04 Å². The molecule has 41 heavy (non-hydrogen) atoms. The van der Waals surface area contributed by atoms with Crippen molar-refractivity contribution >= 4 is 5.91 Å². The maximum atomic E-state index is 14.6. The van der Waals surface area contributed by atoms with Crippen molar-refractivity contribution in [3.8, 4) is 0 Å². The van der Waals surface area contributed by atoms with Crippen LogP contribution < -0.4 is 0 Å². The van der Waals surface area contributed by atoms with Crippen molar-refractivity contribution in [3.05, 3.63) is 144 Å². The van der Waals surface area contributed by atoms with Gasteiger partial charge in [0.15, 0.2) is 0 Å². The zero-order chi connectivity index (χ0) is 28.1. The topological polar surface area (TPSA) is 23.6 Å². The van der Waals surface area contributed by atoms with E-state index in [4.69, 9.17) is 0 Å². The summed E-state index contributed by atoms with van der Waals surface area (Å²) in [6, 6.07) is 42.7. The van der Waals surface area contributed by atoms with Crippen molar-refractivity contribution in [2.24, 2.45) is 0 Å². The zero-order valence-electron chi connectivity index (χ0n) is 24.3. The maximum Gasteiger partial charge on any atom is 0.244 e. The Labute approximate surface area is 246 Å². The lowest BCUT2D eigenvalue weighted by atomic mass is 9.96. The smallest absolute Gasteiger partial charge is 0.244 e. The molecule has 0 aliphatic carbocycles. The molecule has 0 saturated carbocycles. The highest BCUT2D eigenvalue weighted by Crippen LogP contribution is 2.30. The Morgan fingerprint density at radius 2 is 1.05 bits per heavy atom. The van der Waals surface area contributed by atoms with E-state index >= 15 is 0 Å². The predicted molar refractivity (Wildman–Crippen MR) is 170 cm³/mol. The zero-order valence-corrected chi connectivity index (χ0v) is 24.3. The summed E-state index contributed by atoms with van der Waals surface area (Å²) in [6.45, 7) is 2.66. The molecule has 0 aromatic heterocycles. The van der Waals surface area contributed by atoms with Gasteiger partial charge in [-0.05, 0) is 73.6 Å². The van der Waals surface area contributed by atoms with E-state index in [1.54, 1.807) is 0 Å². The Kier molecular flexibility index (Phi) is 10.8. The lowest BCUT2D eigenvalue weighted by molar-refractivity contribution is -0.138. The van der Waals surface area contributed by atoms with Gasteiger partial charge >= 0.3 is 0 Å². The average Bonchev–Trinajstić information content (AvgIpc) is 3.19. The minimum Gasteiger partial charge on any atom is -0.338 e. The van der Waals surface area contributed by atoms with Crippen LogP contribution in [0.2, 0.25) is 0 Å². The number of carbonyl (C=O) groups excluding carboxylic acids is 1. The lowest BCUT2D eigenvalue weighted by Gasteiger charge is -2.35. The van der Waals surface area contributed by atoms with Crippen LogP contribution in [0.1, 0.15) is 60.4 Å². The third-order valence-electron chi connectivity index (χ3n) is 8.50. The summed E-state index contributed by atoms with van der Waals surface area (Å²) in [5.41, 5.74) is 5.20. The van der Waals surface area contributed by atoms with Crippen LogP contribution >= 0.6 is 0 Å². The molecule has 3 heteroatoms. The lowest BCUT2D eigenvalue weighted by Crippen LogP contribution is -2.45. The first-order valence-electron chi connectivity index (χ1n) is 15.5. The van der Waals surface area contributed by atoms with E-state index < -0.39 is 0 Å². The van der Waals surface area contributed by atoms with E-state index in [9.17, 15) is 4.79 Å². The predicted octanol–water partition coefficient (Wildman–Crippen LogP) is 7.92. The molecule has 4 aromatic carbocycles. The molecule has 212 valence electrons. The van der Waals surface area contributed by atoms with Crippen molar-refractivity contribution in [1.29, 1.82) is 0 Å². The standard InChI is InChI=1S/C38H44N2O/c41-38-37(35-24-11-4-12-25-35)39(31-28-34-20-9-3-10-21-34)29-15-30-40(38)36(26-13-22-32-16-5-1-6-17-32)27-14-23-33-18-7-2-8-19-33/h1-12,16-21,24-25,36-37H,13-15,22-23,26-31H2. The first kappa shape index (κ1) is 28.8. The van der Waals surface area contributed by atoms with Crippen molar-refractivity contribution in [3.63, 3.8) is 0 Å². The van der Waals surface area contributed by atoms with Gasteiger partial charge in [-0.1, -0.05) is 121 Å². The van der Waals surface area contributed by atoms with Gasteiger partial charge < -0.3 is 4.90 Å². The summed E-state index contributed by atoms with van der Waals surface area (Å²) in [4.78, 5) is 19.3. The Balaban J connectivity index is 1.33. The Morgan fingerprint density at radius 1 is 0.585 bits per heavy atom. The van der Waals surface area contributed by atoms with Gasteiger partial charge in [0.2, 0.25) is 5.91 Å². The van der Waals surface area contributed by atoms with Crippen molar-refractivity contribution < 1.29 is 4.79 Å². The second kappa shape index (κ2) is 15.3. The maximum absolute atomic E-state index is 14.6. The number of hydrogen-bond donors (Lipinski definition) is 0. The molecule has 1 aliphatic rings. The molecule has 4 aromatic rings. The summed E-state index contributed by atoms with van der Waals surface area (Å²) >= 11 is 0. The molecule has 1 saturated heterocycles. The normalized spacial score (nSPS) is 16.2. The summed E-state index contributed by atoms with van der Waals surface area (Å²) in [6.07, 6.45) is 8.36. The summed E-state index contributed by atoms with van der Waals surface area (Å²) in [5.74, 6) is 0.284. The molecule has 1 unspecified atom stereocenters. The van der Waals surface area contributed by atoms with Gasteiger partial charge in [-0.2, -0.15) is 0 Å². The molecule has 0 N–H and O–H groups in total. The molecule has 5 rings (SSSR count). The highest BCUT2D eigenvalue weighted by molar-refractivity contribution is 5.84. The van der Waals surface area contributed by atoms with Gasteiger partial charge in [0.05, 0.1) is 0 Å². The molecule has 0 bridgehead atoms. The quantitative estimate of drug-likeness (QED) is 0.171. The van der Waals surface area contributed by atoms with E-state index in [-0.39, 0.29) is 18.0 Å². The fourth-order valence-electron chi connectivity index (χ4n) is 6.34. The first-order valence-corrected chi connectivity index (χ1v) is 15.5. The molecule has 1 fully saturated rings. The van der Waals surface area contributed by atoms with E-state index in [1.807, 2.05) is 6.07 Å². The number of nitrogens with zero attached hydrogens (tertiary/aromatic N) is 2. The Bertz CT molecular complexity index is 1250. The van der Waals surface area contributed by atoms with Crippen LogP contribution in [0.25, 0.3) is 0 Å². The van der Waals surface area contributed by atoms with E-state index in [2.05, 4.69) is 125 Å². The van der Waals surface area contributed by atoms with Gasteiger partial charge in [-0.3, -0.25) is 9.69 Å². The molecule has 0 spiro atoms. The van der Waals surface area contributed by atoms with Crippen LogP contribution in [0, 0.1) is 0 Å². The van der Waals surface area contributed by atoms with Crippen LogP contribution in [-0.2, 0) is 24.1 Å². The van der Waals surface area contributed by atoms with Crippen molar-refractivity contribution in [2.45, 2.75) is 63.5 Å². The monoisotopic (exact) mass is 544 g/mol. The molecular weight excluding hydrogens is 500 g/mol. The highest BCUT2D eigenvalue weighted by atomic mass is 16.2. The number of hydrogen-bond acceptors (Lipinski definition) is 2. The third-order valence-corrected chi connectivity index (χ3v) is 8.50. The van der Waals surface area contributed by atoms with Crippen molar-refractivity contribution in [1.82, 2.24) is 9.80 Å². The minimum absolute atomic E-state index is 0.229. The molecule has 0 radical (unpaired) electrons.